The number of aromatic amines is 1. The van der Waals surface area contributed by atoms with Crippen molar-refractivity contribution < 1.29 is 13.9 Å². The second-order valence-electron chi connectivity index (χ2n) is 3.03. The zero-order chi connectivity index (χ0) is 10.1. The van der Waals surface area contributed by atoms with Crippen molar-refractivity contribution in [2.45, 2.75) is 6.42 Å². The molecule has 14 heavy (non-hydrogen) atoms. The molecular weight excluding hydrogens is 202 g/mol. The van der Waals surface area contributed by atoms with Crippen molar-refractivity contribution in [3.8, 4) is 0 Å². The smallest absolute Gasteiger partial charge is 0.312 e. The van der Waals surface area contributed by atoms with Crippen LogP contribution in [0.5, 0.6) is 0 Å². The van der Waals surface area contributed by atoms with E-state index in [9.17, 15) is 4.79 Å². The predicted molar refractivity (Wildman–Crippen MR) is 52.2 cm³/mol. The number of nitrogens with one attached hydrogen (secondary N) is 1. The summed E-state index contributed by atoms with van der Waals surface area (Å²) >= 11 is 4.84. The molecular formula is C9H9NO3S. The standard InChI is InChI=1S/C9H9NO3S/c1-12-8(11)5-2-3-6-7(4-5)13-9(14)10-6/h3-5H,2H2,1H3,(H,10,14). The van der Waals surface area contributed by atoms with Crippen LogP contribution in [0.2, 0.25) is 0 Å². The summed E-state index contributed by atoms with van der Waals surface area (Å²) < 4.78 is 9.84. The van der Waals surface area contributed by atoms with Gasteiger partial charge < -0.3 is 14.1 Å². The van der Waals surface area contributed by atoms with Gasteiger partial charge in [-0.05, 0) is 24.7 Å². The molecule has 0 saturated carbocycles. The number of carbonyl (C=O) groups is 1. The van der Waals surface area contributed by atoms with Gasteiger partial charge in [0.05, 0.1) is 18.4 Å². The maximum atomic E-state index is 11.2. The van der Waals surface area contributed by atoms with Crippen LogP contribution in [-0.4, -0.2) is 18.1 Å². The Morgan fingerprint density at radius 3 is 3.29 bits per heavy atom. The Bertz CT molecular complexity index is 525. The summed E-state index contributed by atoms with van der Waals surface area (Å²) in [5.41, 5.74) is 0.622. The van der Waals surface area contributed by atoms with Crippen molar-refractivity contribution in [3.05, 3.63) is 15.6 Å². The quantitative estimate of drug-likeness (QED) is 0.528. The lowest BCUT2D eigenvalue weighted by molar-refractivity contribution is -0.143. The molecule has 1 atom stereocenters. The van der Waals surface area contributed by atoms with E-state index in [1.54, 1.807) is 6.08 Å². The van der Waals surface area contributed by atoms with E-state index in [-0.39, 0.29) is 11.9 Å². The second kappa shape index (κ2) is 3.42. The molecule has 0 spiro atoms. The third-order valence-electron chi connectivity index (χ3n) is 2.14. The first-order valence-electron chi connectivity index (χ1n) is 4.19. The van der Waals surface area contributed by atoms with Gasteiger partial charge in [-0.15, -0.1) is 0 Å². The molecule has 0 fully saturated rings. The fourth-order valence-electron chi connectivity index (χ4n) is 1.44. The molecule has 0 radical (unpaired) electrons. The summed E-state index contributed by atoms with van der Waals surface area (Å²) in [4.78, 5) is 14.4. The average Bonchev–Trinajstić information content (AvgIpc) is 2.55. The molecule has 1 aliphatic rings. The Kier molecular flexibility index (Phi) is 2.25. The number of methoxy groups -OCH3 is 1. The first-order valence-corrected chi connectivity index (χ1v) is 4.60. The molecule has 0 aliphatic heterocycles. The zero-order valence-corrected chi connectivity index (χ0v) is 8.39. The molecule has 4 nitrogen and oxygen atoms in total. The van der Waals surface area contributed by atoms with Gasteiger partial charge in [0.1, 0.15) is 5.42 Å². The first-order chi connectivity index (χ1) is 6.70. The highest BCUT2D eigenvalue weighted by Gasteiger charge is 2.18. The summed E-state index contributed by atoms with van der Waals surface area (Å²) in [6.07, 6.45) is 4.23. The number of fused-ring (bicyclic) bond motifs is 1. The lowest BCUT2D eigenvalue weighted by Gasteiger charge is -2.08. The summed E-state index contributed by atoms with van der Waals surface area (Å²) in [6, 6.07) is 0. The van der Waals surface area contributed by atoms with Crippen LogP contribution in [0.3, 0.4) is 0 Å². The Morgan fingerprint density at radius 1 is 1.79 bits per heavy atom. The average molecular weight is 211 g/mol. The number of carbonyl (C=O) groups excluding carboxylic acids is 1. The predicted octanol–water partition coefficient (Wildman–Crippen LogP) is 0.0911. The van der Waals surface area contributed by atoms with Gasteiger partial charge in [-0.1, -0.05) is 6.08 Å². The fourth-order valence-corrected chi connectivity index (χ4v) is 1.64. The number of aromatic nitrogens is 1. The Balaban J connectivity index is 2.48. The SMILES string of the molecule is COC(=O)C1C=c2oc(=S)[nH]c2=CC1. The van der Waals surface area contributed by atoms with Gasteiger partial charge in [0.2, 0.25) is 0 Å². The highest BCUT2D eigenvalue weighted by Crippen LogP contribution is 2.09. The van der Waals surface area contributed by atoms with Crippen molar-refractivity contribution in [3.63, 3.8) is 0 Å². The van der Waals surface area contributed by atoms with Crippen molar-refractivity contribution >= 4 is 30.3 Å². The van der Waals surface area contributed by atoms with E-state index >= 15 is 0 Å². The molecule has 1 aliphatic carbocycles. The molecule has 2 rings (SSSR count). The van der Waals surface area contributed by atoms with Crippen LogP contribution in [-0.2, 0) is 9.53 Å². The fraction of sp³-hybridized carbons (Fsp3) is 0.333. The third-order valence-corrected chi connectivity index (χ3v) is 2.32. The van der Waals surface area contributed by atoms with E-state index in [0.717, 1.165) is 5.35 Å². The lowest BCUT2D eigenvalue weighted by atomic mass is 10.0. The number of hydrogen-bond acceptors (Lipinski definition) is 4. The minimum atomic E-state index is -0.263. The Labute approximate surface area is 84.9 Å². The van der Waals surface area contributed by atoms with Crippen molar-refractivity contribution in [1.29, 1.82) is 0 Å². The Morgan fingerprint density at radius 2 is 2.57 bits per heavy atom. The second-order valence-corrected chi connectivity index (χ2v) is 3.40. The monoisotopic (exact) mass is 211 g/mol. The van der Waals surface area contributed by atoms with Crippen LogP contribution < -0.4 is 10.8 Å². The molecule has 1 unspecified atom stereocenters. The minimum absolute atomic E-state index is 0.255. The van der Waals surface area contributed by atoms with Gasteiger partial charge in [0, 0.05) is 0 Å². The van der Waals surface area contributed by atoms with E-state index in [1.165, 1.54) is 7.11 Å². The molecule has 0 aromatic carbocycles. The number of ether oxygens (including phenoxy) is 1. The van der Waals surface area contributed by atoms with Gasteiger partial charge in [-0.3, -0.25) is 4.79 Å². The topological polar surface area (TPSA) is 55.2 Å². The van der Waals surface area contributed by atoms with Crippen LogP contribution in [0.25, 0.3) is 12.2 Å². The van der Waals surface area contributed by atoms with Crippen LogP contribution in [0.4, 0.5) is 0 Å². The molecule has 1 heterocycles. The summed E-state index contributed by atoms with van der Waals surface area (Å²) in [5, 5.41) is 0.843. The summed E-state index contributed by atoms with van der Waals surface area (Å²) in [7, 11) is 1.37. The molecule has 1 N–H and O–H groups in total. The lowest BCUT2D eigenvalue weighted by Crippen LogP contribution is -2.30. The number of H-pyrrole nitrogens is 1. The minimum Gasteiger partial charge on any atom is -0.469 e. The molecule has 5 heteroatoms. The summed E-state index contributed by atoms with van der Waals surface area (Å²) in [6.45, 7) is 0. The van der Waals surface area contributed by atoms with Crippen LogP contribution in [0.15, 0.2) is 4.42 Å². The molecule has 0 amide bonds. The normalized spacial score (nSPS) is 19.1. The molecule has 0 saturated heterocycles. The van der Waals surface area contributed by atoms with Crippen LogP contribution in [0.1, 0.15) is 6.42 Å². The highest BCUT2D eigenvalue weighted by atomic mass is 32.1. The van der Waals surface area contributed by atoms with E-state index < -0.39 is 0 Å². The molecule has 0 bridgehead atoms. The summed E-state index contributed by atoms with van der Waals surface area (Å²) in [5.74, 6) is -0.518. The highest BCUT2D eigenvalue weighted by molar-refractivity contribution is 7.71. The van der Waals surface area contributed by atoms with Crippen LogP contribution in [0, 0.1) is 10.8 Å². The van der Waals surface area contributed by atoms with E-state index in [1.807, 2.05) is 6.08 Å². The van der Waals surface area contributed by atoms with Gasteiger partial charge >= 0.3 is 5.97 Å². The van der Waals surface area contributed by atoms with Gasteiger partial charge in [-0.2, -0.15) is 0 Å². The zero-order valence-electron chi connectivity index (χ0n) is 7.57. The van der Waals surface area contributed by atoms with E-state index in [0.29, 0.717) is 16.7 Å². The third kappa shape index (κ3) is 1.50. The number of esters is 1. The Hall–Kier alpha value is -1.36. The van der Waals surface area contributed by atoms with Gasteiger partial charge in [-0.25, -0.2) is 0 Å². The number of oxazole rings is 1. The number of hydrogen-bond donors (Lipinski definition) is 1. The molecule has 74 valence electrons. The van der Waals surface area contributed by atoms with E-state index in [4.69, 9.17) is 16.6 Å². The maximum absolute atomic E-state index is 11.2. The van der Waals surface area contributed by atoms with E-state index in [2.05, 4.69) is 9.72 Å². The van der Waals surface area contributed by atoms with Gasteiger partial charge in [0.15, 0.2) is 0 Å². The maximum Gasteiger partial charge on any atom is 0.312 e. The van der Waals surface area contributed by atoms with Crippen LogP contribution >= 0.6 is 12.2 Å². The van der Waals surface area contributed by atoms with Crippen molar-refractivity contribution in [1.82, 2.24) is 4.98 Å². The van der Waals surface area contributed by atoms with Crippen molar-refractivity contribution in [2.75, 3.05) is 7.11 Å². The van der Waals surface area contributed by atoms with Crippen molar-refractivity contribution in [2.24, 2.45) is 5.92 Å². The largest absolute Gasteiger partial charge is 0.469 e. The first kappa shape index (κ1) is 9.21. The number of rotatable bonds is 1. The molecule has 1 aromatic rings. The molecule has 1 aromatic heterocycles. The van der Waals surface area contributed by atoms with Gasteiger partial charge in [0.25, 0.3) is 4.84 Å².